The van der Waals surface area contributed by atoms with Crippen LogP contribution in [0.5, 0.6) is 0 Å². The van der Waals surface area contributed by atoms with Gasteiger partial charge in [0.05, 0.1) is 11.6 Å². The summed E-state index contributed by atoms with van der Waals surface area (Å²) in [5.41, 5.74) is 7.67. The first kappa shape index (κ1) is 16.7. The van der Waals surface area contributed by atoms with Crippen LogP contribution in [0, 0.1) is 18.3 Å². The van der Waals surface area contributed by atoms with Gasteiger partial charge in [0.15, 0.2) is 0 Å². The molecule has 24 heavy (non-hydrogen) atoms. The molecule has 2 nitrogen and oxygen atoms in total. The average molecular weight is 318 g/mol. The average Bonchev–Trinajstić information content (AvgIpc) is 2.71. The molecule has 0 radical (unpaired) electrons. The van der Waals surface area contributed by atoms with E-state index in [-0.39, 0.29) is 0 Å². The second kappa shape index (κ2) is 7.20. The second-order valence-electron chi connectivity index (χ2n) is 7.17. The highest BCUT2D eigenvalue weighted by molar-refractivity contribution is 5.51. The predicted molar refractivity (Wildman–Crippen MR) is 99.4 cm³/mol. The van der Waals surface area contributed by atoms with E-state index < -0.39 is 0 Å². The first-order valence-corrected chi connectivity index (χ1v) is 8.86. The van der Waals surface area contributed by atoms with Gasteiger partial charge in [-0.2, -0.15) is 5.26 Å². The van der Waals surface area contributed by atoms with E-state index in [4.69, 9.17) is 0 Å². The molecule has 0 aliphatic heterocycles. The lowest BCUT2D eigenvalue weighted by Gasteiger charge is -2.22. The van der Waals surface area contributed by atoms with Crippen LogP contribution < -0.4 is 0 Å². The Hall–Kier alpha value is -2.11. The molecule has 124 valence electrons. The van der Waals surface area contributed by atoms with Gasteiger partial charge in [0.1, 0.15) is 0 Å². The Balaban J connectivity index is 2.05. The molecule has 3 rings (SSSR count). The summed E-state index contributed by atoms with van der Waals surface area (Å²) in [5.74, 6) is 0.409. The van der Waals surface area contributed by atoms with E-state index in [2.05, 4.69) is 68.4 Å². The number of hydrogen-bond donors (Lipinski definition) is 0. The van der Waals surface area contributed by atoms with E-state index in [9.17, 15) is 5.26 Å². The van der Waals surface area contributed by atoms with Gasteiger partial charge in [-0.05, 0) is 87.1 Å². The van der Waals surface area contributed by atoms with Crippen LogP contribution in [-0.2, 0) is 12.8 Å². The summed E-state index contributed by atoms with van der Waals surface area (Å²) in [5, 5.41) is 9.46. The molecule has 0 amide bonds. The molecule has 0 fully saturated rings. The number of rotatable bonds is 4. The van der Waals surface area contributed by atoms with Crippen LogP contribution in [0.25, 0.3) is 0 Å². The van der Waals surface area contributed by atoms with Gasteiger partial charge in [0.25, 0.3) is 0 Å². The van der Waals surface area contributed by atoms with Gasteiger partial charge in [-0.15, -0.1) is 0 Å². The Morgan fingerprint density at radius 1 is 1.08 bits per heavy atom. The fraction of sp³-hybridized carbons (Fsp3) is 0.409. The summed E-state index contributed by atoms with van der Waals surface area (Å²) in [6, 6.07) is 15.7. The van der Waals surface area contributed by atoms with Crippen molar-refractivity contribution in [2.45, 2.75) is 38.5 Å². The monoisotopic (exact) mass is 318 g/mol. The Bertz CT molecular complexity index is 768. The maximum absolute atomic E-state index is 9.46. The van der Waals surface area contributed by atoms with Crippen LogP contribution in [0.4, 0.5) is 0 Å². The van der Waals surface area contributed by atoms with Gasteiger partial charge in [-0.1, -0.05) is 30.3 Å². The molecule has 1 aliphatic rings. The first-order chi connectivity index (χ1) is 11.6. The van der Waals surface area contributed by atoms with Crippen LogP contribution in [0.3, 0.4) is 0 Å². The third-order valence-corrected chi connectivity index (χ3v) is 5.17. The molecule has 2 aromatic carbocycles. The molecule has 0 saturated carbocycles. The van der Waals surface area contributed by atoms with E-state index in [1.807, 2.05) is 0 Å². The van der Waals surface area contributed by atoms with E-state index in [1.165, 1.54) is 28.7 Å². The van der Waals surface area contributed by atoms with E-state index in [1.54, 1.807) is 0 Å². The van der Waals surface area contributed by atoms with Gasteiger partial charge in [0, 0.05) is 5.92 Å². The highest BCUT2D eigenvalue weighted by Crippen LogP contribution is 2.38. The van der Waals surface area contributed by atoms with Crippen LogP contribution in [0.15, 0.2) is 36.4 Å². The van der Waals surface area contributed by atoms with Gasteiger partial charge in [-0.25, -0.2) is 0 Å². The highest BCUT2D eigenvalue weighted by Gasteiger charge is 2.24. The van der Waals surface area contributed by atoms with Crippen molar-refractivity contribution in [3.8, 4) is 6.07 Å². The fourth-order valence-corrected chi connectivity index (χ4v) is 3.91. The van der Waals surface area contributed by atoms with Crippen LogP contribution in [0.2, 0.25) is 0 Å². The van der Waals surface area contributed by atoms with Crippen molar-refractivity contribution < 1.29 is 0 Å². The quantitative estimate of drug-likeness (QED) is 0.833. The van der Waals surface area contributed by atoms with Crippen molar-refractivity contribution >= 4 is 0 Å². The van der Waals surface area contributed by atoms with E-state index in [0.717, 1.165) is 36.9 Å². The van der Waals surface area contributed by atoms with Crippen LogP contribution in [-0.4, -0.2) is 25.5 Å². The zero-order valence-corrected chi connectivity index (χ0v) is 15.0. The molecule has 1 unspecified atom stereocenters. The van der Waals surface area contributed by atoms with Crippen molar-refractivity contribution in [3.05, 3.63) is 69.8 Å². The third kappa shape index (κ3) is 3.37. The lowest BCUT2D eigenvalue weighted by molar-refractivity contribution is 0.389. The lowest BCUT2D eigenvalue weighted by Crippen LogP contribution is -2.14. The van der Waals surface area contributed by atoms with Crippen LogP contribution in [0.1, 0.15) is 52.1 Å². The van der Waals surface area contributed by atoms with Crippen molar-refractivity contribution in [2.24, 2.45) is 0 Å². The lowest BCUT2D eigenvalue weighted by atomic mass is 9.83. The number of benzene rings is 2. The number of hydrogen-bond acceptors (Lipinski definition) is 2. The normalized spacial score (nSPS) is 16.2. The summed E-state index contributed by atoms with van der Waals surface area (Å²) in [7, 11) is 4.26. The maximum Gasteiger partial charge on any atom is 0.0994 e. The van der Waals surface area contributed by atoms with E-state index in [0.29, 0.717) is 5.92 Å². The number of aryl methyl sites for hydroxylation is 3. The first-order valence-electron chi connectivity index (χ1n) is 8.86. The number of nitriles is 1. The molecule has 0 spiro atoms. The minimum absolute atomic E-state index is 0.409. The summed E-state index contributed by atoms with van der Waals surface area (Å²) in [6.07, 6.45) is 4.47. The predicted octanol–water partition coefficient (Wildman–Crippen LogP) is 4.44. The van der Waals surface area contributed by atoms with Gasteiger partial charge in [-0.3, -0.25) is 0 Å². The molecule has 1 atom stereocenters. The maximum atomic E-state index is 9.46. The summed E-state index contributed by atoms with van der Waals surface area (Å²) in [4.78, 5) is 2.25. The Morgan fingerprint density at radius 3 is 2.58 bits per heavy atom. The Kier molecular flexibility index (Phi) is 5.02. The summed E-state index contributed by atoms with van der Waals surface area (Å²) >= 11 is 0. The molecule has 0 N–H and O–H groups in total. The van der Waals surface area contributed by atoms with Crippen LogP contribution >= 0.6 is 0 Å². The second-order valence-corrected chi connectivity index (χ2v) is 7.17. The molecule has 1 aliphatic carbocycles. The molecule has 0 aromatic heterocycles. The Morgan fingerprint density at radius 2 is 1.83 bits per heavy atom. The Labute approximate surface area is 145 Å². The molecular formula is C22H26N2. The van der Waals surface area contributed by atoms with E-state index >= 15 is 0 Å². The third-order valence-electron chi connectivity index (χ3n) is 5.17. The highest BCUT2D eigenvalue weighted by atomic mass is 15.0. The summed E-state index contributed by atoms with van der Waals surface area (Å²) in [6.45, 7) is 3.16. The molecular weight excluding hydrogens is 292 g/mol. The summed E-state index contributed by atoms with van der Waals surface area (Å²) < 4.78 is 0. The largest absolute Gasteiger partial charge is 0.309 e. The van der Waals surface area contributed by atoms with Crippen molar-refractivity contribution in [3.63, 3.8) is 0 Å². The fourth-order valence-electron chi connectivity index (χ4n) is 3.91. The van der Waals surface area contributed by atoms with Gasteiger partial charge < -0.3 is 4.90 Å². The smallest absolute Gasteiger partial charge is 0.0994 e. The molecule has 2 aromatic rings. The van der Waals surface area contributed by atoms with Crippen molar-refractivity contribution in [1.82, 2.24) is 4.90 Å². The number of fused-ring (bicyclic) bond motifs is 2. The topological polar surface area (TPSA) is 27.0 Å². The van der Waals surface area contributed by atoms with Gasteiger partial charge in [0.2, 0.25) is 0 Å². The van der Waals surface area contributed by atoms with Crippen molar-refractivity contribution in [2.75, 3.05) is 20.6 Å². The molecule has 0 saturated heterocycles. The molecule has 2 heteroatoms. The van der Waals surface area contributed by atoms with Gasteiger partial charge >= 0.3 is 0 Å². The number of nitrogens with zero attached hydrogens (tertiary/aromatic N) is 2. The zero-order valence-electron chi connectivity index (χ0n) is 15.0. The molecule has 0 heterocycles. The van der Waals surface area contributed by atoms with Crippen molar-refractivity contribution in [1.29, 1.82) is 5.26 Å². The minimum atomic E-state index is 0.409. The standard InChI is InChI=1S/C22H26N2/c1-16-13-18-11-10-17-7-4-5-8-20(17)21(9-6-12-24(2)3)22(18)14-19(16)15-23/h4-5,7-8,13-14,21H,6,9-12H2,1-3H3. The minimum Gasteiger partial charge on any atom is -0.309 e. The zero-order chi connectivity index (χ0) is 17.1. The molecule has 0 bridgehead atoms. The SMILES string of the molecule is Cc1cc2c(cc1C#N)C(CCCN(C)C)c1ccccc1CC2.